The Balaban J connectivity index is 2.35. The zero-order valence-electron chi connectivity index (χ0n) is 12.3. The highest BCUT2D eigenvalue weighted by Crippen LogP contribution is 2.28. The van der Waals surface area contributed by atoms with Gasteiger partial charge >= 0.3 is 5.97 Å². The van der Waals surface area contributed by atoms with E-state index in [9.17, 15) is 9.59 Å². The fourth-order valence-corrected chi connectivity index (χ4v) is 2.65. The molecule has 0 radical (unpaired) electrons. The SMILES string of the molecule is COC(=O)C1=C(Nc2ccc(C#N)cc2Br)C(=O)N(CCO)C1. The van der Waals surface area contributed by atoms with Gasteiger partial charge in [-0.15, -0.1) is 0 Å². The van der Waals surface area contributed by atoms with Gasteiger partial charge in [-0.1, -0.05) is 0 Å². The molecule has 0 aliphatic carbocycles. The Hall–Kier alpha value is -2.37. The van der Waals surface area contributed by atoms with Crippen molar-refractivity contribution in [1.82, 2.24) is 4.90 Å². The van der Waals surface area contributed by atoms with Gasteiger partial charge in [-0.3, -0.25) is 4.79 Å². The summed E-state index contributed by atoms with van der Waals surface area (Å²) in [7, 11) is 1.24. The van der Waals surface area contributed by atoms with E-state index >= 15 is 0 Å². The van der Waals surface area contributed by atoms with Gasteiger partial charge in [-0.25, -0.2) is 4.79 Å². The van der Waals surface area contributed by atoms with E-state index in [0.717, 1.165) is 0 Å². The van der Waals surface area contributed by atoms with Crippen molar-refractivity contribution in [2.75, 3.05) is 32.1 Å². The van der Waals surface area contributed by atoms with Crippen LogP contribution in [0.2, 0.25) is 0 Å². The Morgan fingerprint density at radius 2 is 2.30 bits per heavy atom. The molecule has 1 aliphatic heterocycles. The fraction of sp³-hybridized carbons (Fsp3) is 0.267. The summed E-state index contributed by atoms with van der Waals surface area (Å²) in [5, 5.41) is 20.8. The number of esters is 1. The van der Waals surface area contributed by atoms with Gasteiger partial charge in [0.25, 0.3) is 5.91 Å². The first-order valence-electron chi connectivity index (χ1n) is 6.70. The number of nitrogens with zero attached hydrogens (tertiary/aromatic N) is 2. The quantitative estimate of drug-likeness (QED) is 0.739. The Morgan fingerprint density at radius 1 is 1.57 bits per heavy atom. The Labute approximate surface area is 141 Å². The smallest absolute Gasteiger partial charge is 0.337 e. The number of nitriles is 1. The lowest BCUT2D eigenvalue weighted by atomic mass is 10.2. The second-order valence-corrected chi connectivity index (χ2v) is 5.58. The maximum atomic E-state index is 12.4. The summed E-state index contributed by atoms with van der Waals surface area (Å²) in [6.45, 7) is -0.00458. The minimum atomic E-state index is -0.606. The first kappa shape index (κ1) is 17.0. The number of ether oxygens (including phenoxy) is 1. The van der Waals surface area contributed by atoms with Crippen LogP contribution in [0.25, 0.3) is 0 Å². The molecule has 0 atom stereocenters. The molecule has 8 heteroatoms. The Kier molecular flexibility index (Phi) is 5.36. The number of hydrogen-bond donors (Lipinski definition) is 2. The number of carbonyl (C=O) groups is 2. The molecule has 1 aliphatic rings. The van der Waals surface area contributed by atoms with Crippen LogP contribution in [0.4, 0.5) is 5.69 Å². The second kappa shape index (κ2) is 7.26. The predicted molar refractivity (Wildman–Crippen MR) is 85.2 cm³/mol. The van der Waals surface area contributed by atoms with Crippen molar-refractivity contribution in [2.24, 2.45) is 0 Å². The lowest BCUT2D eigenvalue weighted by Crippen LogP contribution is -2.31. The molecule has 0 fully saturated rings. The third kappa shape index (κ3) is 3.52. The first-order chi connectivity index (χ1) is 11.0. The monoisotopic (exact) mass is 379 g/mol. The molecule has 0 saturated carbocycles. The lowest BCUT2D eigenvalue weighted by Gasteiger charge is -2.15. The number of halogens is 1. The van der Waals surface area contributed by atoms with E-state index < -0.39 is 11.9 Å². The Morgan fingerprint density at radius 3 is 2.87 bits per heavy atom. The van der Waals surface area contributed by atoms with Crippen molar-refractivity contribution in [3.63, 3.8) is 0 Å². The van der Waals surface area contributed by atoms with Crippen molar-refractivity contribution in [1.29, 1.82) is 5.26 Å². The van der Waals surface area contributed by atoms with Crippen molar-refractivity contribution in [3.8, 4) is 6.07 Å². The third-order valence-corrected chi connectivity index (χ3v) is 3.97. The number of β-amino-alcohol motifs (C(OH)–C–C–N with tert-alkyl or cyclic N) is 1. The van der Waals surface area contributed by atoms with E-state index in [-0.39, 0.29) is 31.0 Å². The number of aliphatic hydroxyl groups is 1. The maximum Gasteiger partial charge on any atom is 0.337 e. The molecule has 1 aromatic rings. The molecule has 1 amide bonds. The molecule has 1 aromatic carbocycles. The van der Waals surface area contributed by atoms with Crippen LogP contribution in [-0.2, 0) is 14.3 Å². The number of anilines is 1. The molecule has 120 valence electrons. The van der Waals surface area contributed by atoms with Crippen LogP contribution in [0.1, 0.15) is 5.56 Å². The number of rotatable bonds is 5. The van der Waals surface area contributed by atoms with E-state index in [1.54, 1.807) is 18.2 Å². The molecule has 0 unspecified atom stereocenters. The van der Waals surface area contributed by atoms with Crippen molar-refractivity contribution >= 4 is 33.5 Å². The average molecular weight is 380 g/mol. The summed E-state index contributed by atoms with van der Waals surface area (Å²) in [5.41, 5.74) is 1.31. The number of aliphatic hydroxyl groups excluding tert-OH is 1. The number of carbonyl (C=O) groups excluding carboxylic acids is 2. The summed E-state index contributed by atoms with van der Waals surface area (Å²) in [6, 6.07) is 6.84. The number of hydrogen-bond acceptors (Lipinski definition) is 6. The molecule has 2 N–H and O–H groups in total. The van der Waals surface area contributed by atoms with Crippen LogP contribution in [-0.4, -0.2) is 48.7 Å². The van der Waals surface area contributed by atoms with Gasteiger partial charge in [0.15, 0.2) is 0 Å². The number of amides is 1. The minimum Gasteiger partial charge on any atom is -0.466 e. The fourth-order valence-electron chi connectivity index (χ4n) is 2.17. The van der Waals surface area contributed by atoms with Gasteiger partial charge in [0.05, 0.1) is 43.2 Å². The van der Waals surface area contributed by atoms with Gasteiger partial charge in [0.2, 0.25) is 0 Å². The summed E-state index contributed by atoms with van der Waals surface area (Å²) in [5.74, 6) is -0.998. The number of benzene rings is 1. The van der Waals surface area contributed by atoms with Crippen LogP contribution in [0.15, 0.2) is 33.9 Å². The van der Waals surface area contributed by atoms with E-state index in [2.05, 4.69) is 21.2 Å². The van der Waals surface area contributed by atoms with Gasteiger partial charge in [0.1, 0.15) is 5.70 Å². The lowest BCUT2D eigenvalue weighted by molar-refractivity contribution is -0.136. The van der Waals surface area contributed by atoms with E-state index in [1.807, 2.05) is 6.07 Å². The zero-order valence-corrected chi connectivity index (χ0v) is 13.9. The predicted octanol–water partition coefficient (Wildman–Crippen LogP) is 0.994. The van der Waals surface area contributed by atoms with Crippen LogP contribution < -0.4 is 5.32 Å². The highest BCUT2D eigenvalue weighted by Gasteiger charge is 2.34. The molecule has 0 bridgehead atoms. The zero-order chi connectivity index (χ0) is 17.0. The molecule has 0 saturated heterocycles. The molecule has 0 spiro atoms. The molecule has 23 heavy (non-hydrogen) atoms. The van der Waals surface area contributed by atoms with Crippen LogP contribution >= 0.6 is 15.9 Å². The van der Waals surface area contributed by atoms with Gasteiger partial charge in [0, 0.05) is 11.0 Å². The molecular weight excluding hydrogens is 366 g/mol. The first-order valence-corrected chi connectivity index (χ1v) is 7.49. The maximum absolute atomic E-state index is 12.4. The van der Waals surface area contributed by atoms with Gasteiger partial charge < -0.3 is 20.1 Å². The van der Waals surface area contributed by atoms with Gasteiger partial charge in [-0.2, -0.15) is 5.26 Å². The van der Waals surface area contributed by atoms with Crippen LogP contribution in [0.3, 0.4) is 0 Å². The second-order valence-electron chi connectivity index (χ2n) is 4.73. The number of methoxy groups -OCH3 is 1. The summed E-state index contributed by atoms with van der Waals surface area (Å²) < 4.78 is 5.30. The highest BCUT2D eigenvalue weighted by molar-refractivity contribution is 9.10. The van der Waals surface area contributed by atoms with E-state index in [0.29, 0.717) is 15.7 Å². The minimum absolute atomic E-state index is 0.0717. The normalized spacial score (nSPS) is 14.0. The molecule has 2 rings (SSSR count). The highest BCUT2D eigenvalue weighted by atomic mass is 79.9. The molecule has 1 heterocycles. The van der Waals surface area contributed by atoms with Gasteiger partial charge in [-0.05, 0) is 34.1 Å². The third-order valence-electron chi connectivity index (χ3n) is 3.31. The van der Waals surface area contributed by atoms with E-state index in [4.69, 9.17) is 15.1 Å². The largest absolute Gasteiger partial charge is 0.466 e. The average Bonchev–Trinajstić information content (AvgIpc) is 2.85. The standard InChI is InChI=1S/C15H14BrN3O4/c1-23-15(22)10-8-19(4-5-20)14(21)13(10)18-12-3-2-9(7-17)6-11(12)16/h2-3,6,18,20H,4-5,8H2,1H3. The van der Waals surface area contributed by atoms with Crippen molar-refractivity contribution < 1.29 is 19.4 Å². The Bertz CT molecular complexity index is 724. The number of nitrogens with one attached hydrogen (secondary N) is 1. The molecular formula is C15H14BrN3O4. The summed E-state index contributed by atoms with van der Waals surface area (Å²) in [4.78, 5) is 25.6. The summed E-state index contributed by atoms with van der Waals surface area (Å²) in [6.07, 6.45) is 0. The van der Waals surface area contributed by atoms with E-state index in [1.165, 1.54) is 12.0 Å². The summed E-state index contributed by atoms with van der Waals surface area (Å²) >= 11 is 3.32. The van der Waals surface area contributed by atoms with Crippen LogP contribution in [0, 0.1) is 11.3 Å². The topological polar surface area (TPSA) is 103 Å². The van der Waals surface area contributed by atoms with Crippen molar-refractivity contribution in [3.05, 3.63) is 39.5 Å². The molecule has 7 nitrogen and oxygen atoms in total. The van der Waals surface area contributed by atoms with Crippen molar-refractivity contribution in [2.45, 2.75) is 0 Å². The molecule has 0 aromatic heterocycles. The van der Waals surface area contributed by atoms with Crippen LogP contribution in [0.5, 0.6) is 0 Å².